The van der Waals surface area contributed by atoms with Crippen LogP contribution in [0.3, 0.4) is 0 Å². The zero-order valence-corrected chi connectivity index (χ0v) is 14.2. The second-order valence-corrected chi connectivity index (χ2v) is 6.31. The van der Waals surface area contributed by atoms with Gasteiger partial charge in [0.15, 0.2) is 5.16 Å². The Balaban J connectivity index is 1.77. The molecule has 5 nitrogen and oxygen atoms in total. The van der Waals surface area contributed by atoms with Crippen molar-refractivity contribution in [3.8, 4) is 0 Å². The molecule has 2 heterocycles. The van der Waals surface area contributed by atoms with Crippen molar-refractivity contribution in [2.24, 2.45) is 0 Å². The van der Waals surface area contributed by atoms with Crippen LogP contribution in [0.1, 0.15) is 32.6 Å². The summed E-state index contributed by atoms with van der Waals surface area (Å²) in [5.74, 6) is 1.77. The number of likely N-dealkylation sites (tertiary alicyclic amines) is 1. The average Bonchev–Trinajstić information content (AvgIpc) is 2.52. The van der Waals surface area contributed by atoms with E-state index in [1.807, 2.05) is 19.4 Å². The molecule has 1 saturated heterocycles. The minimum Gasteiger partial charge on any atom is -0.373 e. The highest BCUT2D eigenvalue weighted by Gasteiger charge is 2.17. The highest BCUT2D eigenvalue weighted by molar-refractivity contribution is 7.98. The van der Waals surface area contributed by atoms with Gasteiger partial charge in [-0.25, -0.2) is 9.97 Å². The Morgan fingerprint density at radius 2 is 2.14 bits per heavy atom. The summed E-state index contributed by atoms with van der Waals surface area (Å²) < 4.78 is 0. The van der Waals surface area contributed by atoms with Crippen LogP contribution in [0.5, 0.6) is 0 Å². The molecule has 0 spiro atoms. The van der Waals surface area contributed by atoms with Gasteiger partial charge in [0.05, 0.1) is 0 Å². The van der Waals surface area contributed by atoms with E-state index in [1.54, 1.807) is 11.8 Å². The van der Waals surface area contributed by atoms with Crippen molar-refractivity contribution in [3.63, 3.8) is 0 Å². The Morgan fingerprint density at radius 3 is 2.86 bits per heavy atom. The molecule has 2 N–H and O–H groups in total. The van der Waals surface area contributed by atoms with Crippen LogP contribution in [-0.2, 0) is 0 Å². The van der Waals surface area contributed by atoms with E-state index in [4.69, 9.17) is 0 Å². The van der Waals surface area contributed by atoms with Gasteiger partial charge in [-0.3, -0.25) is 0 Å². The van der Waals surface area contributed by atoms with Crippen LogP contribution < -0.4 is 10.6 Å². The minimum atomic E-state index is 0.747. The predicted octanol–water partition coefficient (Wildman–Crippen LogP) is 2.92. The van der Waals surface area contributed by atoms with E-state index in [1.165, 1.54) is 32.4 Å². The van der Waals surface area contributed by atoms with Gasteiger partial charge < -0.3 is 15.5 Å². The lowest BCUT2D eigenvalue weighted by Gasteiger charge is -2.33. The molecule has 0 aliphatic carbocycles. The molecule has 6 heteroatoms. The molecule has 0 radical (unpaired) electrons. The second-order valence-electron chi connectivity index (χ2n) is 5.54. The van der Waals surface area contributed by atoms with E-state index in [0.29, 0.717) is 0 Å². The summed E-state index contributed by atoms with van der Waals surface area (Å²) in [6.45, 7) is 5.74. The molecule has 0 bridgehead atoms. The minimum absolute atomic E-state index is 0.747. The molecular weight excluding hydrogens is 282 g/mol. The van der Waals surface area contributed by atoms with Gasteiger partial charge in [-0.15, -0.1) is 0 Å². The lowest BCUT2D eigenvalue weighted by atomic mass is 10.0. The van der Waals surface area contributed by atoms with E-state index in [-0.39, 0.29) is 0 Å². The van der Waals surface area contributed by atoms with Crippen LogP contribution in [0, 0.1) is 0 Å². The predicted molar refractivity (Wildman–Crippen MR) is 91.4 cm³/mol. The number of rotatable bonds is 7. The average molecular weight is 309 g/mol. The van der Waals surface area contributed by atoms with Crippen molar-refractivity contribution in [1.82, 2.24) is 14.9 Å². The molecule has 0 amide bonds. The van der Waals surface area contributed by atoms with Crippen molar-refractivity contribution in [2.45, 2.75) is 43.8 Å². The summed E-state index contributed by atoms with van der Waals surface area (Å²) in [5, 5.41) is 7.29. The van der Waals surface area contributed by atoms with E-state index in [0.717, 1.165) is 35.8 Å². The van der Waals surface area contributed by atoms with Crippen LogP contribution in [0.25, 0.3) is 0 Å². The van der Waals surface area contributed by atoms with E-state index in [9.17, 15) is 0 Å². The van der Waals surface area contributed by atoms with Crippen LogP contribution in [0.2, 0.25) is 0 Å². The molecule has 118 valence electrons. The van der Waals surface area contributed by atoms with Crippen LogP contribution >= 0.6 is 11.8 Å². The van der Waals surface area contributed by atoms with Gasteiger partial charge >= 0.3 is 0 Å². The highest BCUT2D eigenvalue weighted by Crippen LogP contribution is 2.18. The molecule has 1 aromatic heterocycles. The maximum atomic E-state index is 4.49. The summed E-state index contributed by atoms with van der Waals surface area (Å²) >= 11 is 1.56. The van der Waals surface area contributed by atoms with E-state index >= 15 is 0 Å². The Hall–Kier alpha value is -1.01. The lowest BCUT2D eigenvalue weighted by molar-refractivity contribution is 0.160. The van der Waals surface area contributed by atoms with Crippen molar-refractivity contribution >= 4 is 23.4 Å². The molecule has 1 aliphatic rings. The number of aromatic nitrogens is 2. The maximum Gasteiger partial charge on any atom is 0.191 e. The number of piperidine rings is 1. The van der Waals surface area contributed by atoms with Gasteiger partial charge in [0.2, 0.25) is 0 Å². The summed E-state index contributed by atoms with van der Waals surface area (Å²) in [7, 11) is 1.88. The molecule has 21 heavy (non-hydrogen) atoms. The zero-order valence-electron chi connectivity index (χ0n) is 13.4. The van der Waals surface area contributed by atoms with Crippen LogP contribution in [0.15, 0.2) is 11.2 Å². The molecule has 1 fully saturated rings. The summed E-state index contributed by atoms with van der Waals surface area (Å²) in [6.07, 6.45) is 7.24. The number of nitrogens with one attached hydrogen (secondary N) is 2. The molecule has 1 aliphatic heterocycles. The van der Waals surface area contributed by atoms with Gasteiger partial charge in [0, 0.05) is 32.2 Å². The molecule has 2 rings (SSSR count). The zero-order chi connectivity index (χ0) is 15.1. The highest BCUT2D eigenvalue weighted by atomic mass is 32.2. The third-order valence-corrected chi connectivity index (χ3v) is 4.56. The molecule has 1 aromatic rings. The van der Waals surface area contributed by atoms with Gasteiger partial charge in [-0.2, -0.15) is 0 Å². The Kier molecular flexibility index (Phi) is 6.57. The largest absolute Gasteiger partial charge is 0.373 e. The molecule has 1 unspecified atom stereocenters. The monoisotopic (exact) mass is 309 g/mol. The van der Waals surface area contributed by atoms with Crippen molar-refractivity contribution < 1.29 is 0 Å². The SMILES string of the molecule is CNc1cc(NCCCN2CCCCC2C)nc(SC)n1. The fourth-order valence-electron chi connectivity index (χ4n) is 2.72. The summed E-state index contributed by atoms with van der Waals surface area (Å²) in [6, 6.07) is 2.71. The van der Waals surface area contributed by atoms with Crippen LogP contribution in [0.4, 0.5) is 11.6 Å². The van der Waals surface area contributed by atoms with Crippen molar-refractivity contribution in [2.75, 3.05) is 43.6 Å². The first kappa shape index (κ1) is 16.4. The Morgan fingerprint density at radius 1 is 1.33 bits per heavy atom. The topological polar surface area (TPSA) is 53.1 Å². The van der Waals surface area contributed by atoms with Gasteiger partial charge in [-0.05, 0) is 39.0 Å². The maximum absolute atomic E-state index is 4.49. The first-order chi connectivity index (χ1) is 10.2. The number of nitrogens with zero attached hydrogens (tertiary/aromatic N) is 3. The summed E-state index contributed by atoms with van der Waals surface area (Å²) in [4.78, 5) is 11.5. The number of anilines is 2. The Labute approximate surface area is 132 Å². The fraction of sp³-hybridized carbons (Fsp3) is 0.733. The smallest absolute Gasteiger partial charge is 0.191 e. The quantitative estimate of drug-likeness (QED) is 0.459. The molecule has 1 atom stereocenters. The third kappa shape index (κ3) is 5.04. The first-order valence-corrected chi connectivity index (χ1v) is 9.04. The normalized spacial score (nSPS) is 19.5. The van der Waals surface area contributed by atoms with Crippen LogP contribution in [-0.4, -0.2) is 53.8 Å². The van der Waals surface area contributed by atoms with Gasteiger partial charge in [0.1, 0.15) is 11.6 Å². The molecule has 0 saturated carbocycles. The molecular formula is C15H27N5S. The van der Waals surface area contributed by atoms with Gasteiger partial charge in [0.25, 0.3) is 0 Å². The number of hydrogen-bond acceptors (Lipinski definition) is 6. The van der Waals surface area contributed by atoms with E-state index < -0.39 is 0 Å². The fourth-order valence-corrected chi connectivity index (χ4v) is 3.10. The first-order valence-electron chi connectivity index (χ1n) is 7.81. The Bertz CT molecular complexity index is 418. The number of thioether (sulfide) groups is 1. The third-order valence-electron chi connectivity index (χ3n) is 4.01. The lowest BCUT2D eigenvalue weighted by Crippen LogP contribution is -2.38. The summed E-state index contributed by atoms with van der Waals surface area (Å²) in [5.41, 5.74) is 0. The van der Waals surface area contributed by atoms with Gasteiger partial charge in [-0.1, -0.05) is 18.2 Å². The molecule has 0 aromatic carbocycles. The van der Waals surface area contributed by atoms with E-state index in [2.05, 4.69) is 32.4 Å². The second kappa shape index (κ2) is 8.44. The van der Waals surface area contributed by atoms with Crippen molar-refractivity contribution in [1.29, 1.82) is 0 Å². The van der Waals surface area contributed by atoms with Crippen molar-refractivity contribution in [3.05, 3.63) is 6.07 Å². The number of hydrogen-bond donors (Lipinski definition) is 2. The standard InChI is InChI=1S/C15H27N5S/c1-12-7-4-5-9-20(12)10-6-8-17-14-11-13(16-2)18-15(19-14)21-3/h11-12H,4-10H2,1-3H3,(H2,16,17,18,19).